The molecular weight excluding hydrogens is 350 g/mol. The number of nitro benzene ring substituents is 1. The zero-order chi connectivity index (χ0) is 15.6. The Morgan fingerprint density at radius 2 is 1.86 bits per heavy atom. The molecule has 108 valence electrons. The van der Waals surface area contributed by atoms with Gasteiger partial charge in [0.25, 0.3) is 11.6 Å². The standard InChI is InChI=1S/C13H7BrF2N2O3/c14-7-1-3-9(10(15)5-7)13(19)17-12-4-2-8(18(20)21)6-11(12)16/h1-6H,(H,17,19). The number of nitro groups is 1. The van der Waals surface area contributed by atoms with Crippen LogP contribution >= 0.6 is 15.9 Å². The van der Waals surface area contributed by atoms with Gasteiger partial charge in [0, 0.05) is 10.5 Å². The highest BCUT2D eigenvalue weighted by atomic mass is 79.9. The average Bonchev–Trinajstić information content (AvgIpc) is 2.40. The lowest BCUT2D eigenvalue weighted by Gasteiger charge is -2.07. The van der Waals surface area contributed by atoms with Gasteiger partial charge in [-0.3, -0.25) is 14.9 Å². The Kier molecular flexibility index (Phi) is 4.27. The molecule has 0 fully saturated rings. The van der Waals surface area contributed by atoms with Crippen LogP contribution in [-0.2, 0) is 0 Å². The summed E-state index contributed by atoms with van der Waals surface area (Å²) in [5.41, 5.74) is -0.982. The number of nitrogens with one attached hydrogen (secondary N) is 1. The topological polar surface area (TPSA) is 72.2 Å². The van der Waals surface area contributed by atoms with Crippen molar-refractivity contribution in [3.8, 4) is 0 Å². The summed E-state index contributed by atoms with van der Waals surface area (Å²) in [4.78, 5) is 21.6. The Morgan fingerprint density at radius 3 is 2.43 bits per heavy atom. The fourth-order valence-corrected chi connectivity index (χ4v) is 1.92. The van der Waals surface area contributed by atoms with Gasteiger partial charge in [0.2, 0.25) is 0 Å². The number of anilines is 1. The van der Waals surface area contributed by atoms with E-state index in [2.05, 4.69) is 21.2 Å². The molecule has 21 heavy (non-hydrogen) atoms. The molecule has 1 N–H and O–H groups in total. The highest BCUT2D eigenvalue weighted by Crippen LogP contribution is 2.22. The minimum Gasteiger partial charge on any atom is -0.319 e. The molecule has 0 aliphatic rings. The molecule has 0 spiro atoms. The van der Waals surface area contributed by atoms with Gasteiger partial charge in [-0.15, -0.1) is 0 Å². The zero-order valence-corrected chi connectivity index (χ0v) is 11.9. The monoisotopic (exact) mass is 356 g/mol. The van der Waals surface area contributed by atoms with Gasteiger partial charge in [0.1, 0.15) is 5.82 Å². The van der Waals surface area contributed by atoms with Crippen molar-refractivity contribution in [1.29, 1.82) is 0 Å². The Morgan fingerprint density at radius 1 is 1.14 bits per heavy atom. The maximum absolute atomic E-state index is 13.6. The van der Waals surface area contributed by atoms with Crippen molar-refractivity contribution in [3.63, 3.8) is 0 Å². The van der Waals surface area contributed by atoms with Crippen LogP contribution in [0.15, 0.2) is 40.9 Å². The number of non-ortho nitro benzene ring substituents is 1. The summed E-state index contributed by atoms with van der Waals surface area (Å²) < 4.78 is 27.7. The molecular formula is C13H7BrF2N2O3. The first-order valence-corrected chi connectivity index (χ1v) is 6.38. The first-order chi connectivity index (χ1) is 9.88. The van der Waals surface area contributed by atoms with Crippen molar-refractivity contribution in [1.82, 2.24) is 0 Å². The van der Waals surface area contributed by atoms with Crippen molar-refractivity contribution >= 4 is 33.2 Å². The second-order valence-corrected chi connectivity index (χ2v) is 4.92. The summed E-state index contributed by atoms with van der Waals surface area (Å²) in [5, 5.41) is 12.6. The van der Waals surface area contributed by atoms with Gasteiger partial charge >= 0.3 is 0 Å². The lowest BCUT2D eigenvalue weighted by Crippen LogP contribution is -2.14. The van der Waals surface area contributed by atoms with Gasteiger partial charge in [-0.25, -0.2) is 8.78 Å². The molecule has 0 aromatic heterocycles. The van der Waals surface area contributed by atoms with Crippen LogP contribution in [0.25, 0.3) is 0 Å². The minimum absolute atomic E-state index is 0.268. The fourth-order valence-electron chi connectivity index (χ4n) is 1.58. The van der Waals surface area contributed by atoms with Crippen molar-refractivity contribution < 1.29 is 18.5 Å². The van der Waals surface area contributed by atoms with Gasteiger partial charge in [-0.2, -0.15) is 0 Å². The molecule has 0 aliphatic carbocycles. The number of rotatable bonds is 3. The molecule has 0 atom stereocenters. The molecule has 0 radical (unpaired) electrons. The molecule has 0 saturated heterocycles. The van der Waals surface area contributed by atoms with Gasteiger partial charge in [-0.05, 0) is 24.3 Å². The minimum atomic E-state index is -0.977. The zero-order valence-electron chi connectivity index (χ0n) is 10.3. The molecule has 0 saturated carbocycles. The van der Waals surface area contributed by atoms with Crippen LogP contribution in [0.2, 0.25) is 0 Å². The SMILES string of the molecule is O=C(Nc1ccc([N+](=O)[O-])cc1F)c1ccc(Br)cc1F. The van der Waals surface area contributed by atoms with Crippen LogP contribution in [0.3, 0.4) is 0 Å². The molecule has 0 unspecified atom stereocenters. The second kappa shape index (κ2) is 5.96. The second-order valence-electron chi connectivity index (χ2n) is 4.00. The third-order valence-electron chi connectivity index (χ3n) is 2.59. The summed E-state index contributed by atoms with van der Waals surface area (Å²) in [6.45, 7) is 0. The Labute approximate surface area is 125 Å². The van der Waals surface area contributed by atoms with Crippen LogP contribution in [-0.4, -0.2) is 10.8 Å². The summed E-state index contributed by atoms with van der Waals surface area (Å²) in [6.07, 6.45) is 0. The van der Waals surface area contributed by atoms with E-state index in [1.165, 1.54) is 12.1 Å². The number of hydrogen-bond donors (Lipinski definition) is 1. The third-order valence-corrected chi connectivity index (χ3v) is 3.08. The molecule has 0 bridgehead atoms. The van der Waals surface area contributed by atoms with Gasteiger partial charge < -0.3 is 5.32 Å². The molecule has 1 amide bonds. The molecule has 2 aromatic carbocycles. The number of nitrogens with zero attached hydrogens (tertiary/aromatic N) is 1. The highest BCUT2D eigenvalue weighted by molar-refractivity contribution is 9.10. The van der Waals surface area contributed by atoms with Crippen molar-refractivity contribution in [2.75, 3.05) is 5.32 Å². The van der Waals surface area contributed by atoms with E-state index in [1.54, 1.807) is 0 Å². The predicted octanol–water partition coefficient (Wildman–Crippen LogP) is 3.89. The lowest BCUT2D eigenvalue weighted by molar-refractivity contribution is -0.385. The highest BCUT2D eigenvalue weighted by Gasteiger charge is 2.16. The first-order valence-electron chi connectivity index (χ1n) is 5.59. The Hall–Kier alpha value is -2.35. The number of amides is 1. The molecule has 8 heteroatoms. The van der Waals surface area contributed by atoms with Crippen LogP contribution < -0.4 is 5.32 Å². The van der Waals surface area contributed by atoms with Crippen molar-refractivity contribution in [2.45, 2.75) is 0 Å². The summed E-state index contributed by atoms with van der Waals surface area (Å²) in [5.74, 6) is -2.60. The van der Waals surface area contributed by atoms with E-state index < -0.39 is 28.2 Å². The van der Waals surface area contributed by atoms with E-state index in [0.29, 0.717) is 10.5 Å². The predicted molar refractivity (Wildman–Crippen MR) is 75.1 cm³/mol. The quantitative estimate of drug-likeness (QED) is 0.669. The summed E-state index contributed by atoms with van der Waals surface area (Å²) in [7, 11) is 0. The summed E-state index contributed by atoms with van der Waals surface area (Å²) >= 11 is 3.05. The van der Waals surface area contributed by atoms with E-state index in [9.17, 15) is 23.7 Å². The lowest BCUT2D eigenvalue weighted by atomic mass is 10.2. The molecule has 2 aromatic rings. The number of carbonyl (C=O) groups is 1. The Bertz CT molecular complexity index is 737. The van der Waals surface area contributed by atoms with Crippen LogP contribution in [0, 0.1) is 21.7 Å². The summed E-state index contributed by atoms with van der Waals surface area (Å²) in [6, 6.07) is 6.55. The van der Waals surface area contributed by atoms with Crippen LogP contribution in [0.1, 0.15) is 10.4 Å². The largest absolute Gasteiger partial charge is 0.319 e. The van der Waals surface area contributed by atoms with E-state index >= 15 is 0 Å². The normalized spacial score (nSPS) is 10.2. The van der Waals surface area contributed by atoms with Crippen LogP contribution in [0.4, 0.5) is 20.2 Å². The average molecular weight is 357 g/mol. The van der Waals surface area contributed by atoms with Crippen molar-refractivity contribution in [2.24, 2.45) is 0 Å². The maximum Gasteiger partial charge on any atom is 0.272 e. The third kappa shape index (κ3) is 3.40. The van der Waals surface area contributed by atoms with Gasteiger partial charge in [0.15, 0.2) is 5.82 Å². The van der Waals surface area contributed by atoms with E-state index in [0.717, 1.165) is 18.2 Å². The molecule has 5 nitrogen and oxygen atoms in total. The van der Waals surface area contributed by atoms with Gasteiger partial charge in [-0.1, -0.05) is 15.9 Å². The molecule has 2 rings (SSSR count). The van der Waals surface area contributed by atoms with E-state index in [1.807, 2.05) is 0 Å². The number of hydrogen-bond acceptors (Lipinski definition) is 3. The Balaban J connectivity index is 2.25. The van der Waals surface area contributed by atoms with Crippen molar-refractivity contribution in [3.05, 3.63) is 68.2 Å². The van der Waals surface area contributed by atoms with Crippen LogP contribution in [0.5, 0.6) is 0 Å². The number of benzene rings is 2. The first kappa shape index (κ1) is 15.0. The fraction of sp³-hybridized carbons (Fsp3) is 0. The molecule has 0 aliphatic heterocycles. The van der Waals surface area contributed by atoms with Gasteiger partial charge in [0.05, 0.1) is 22.2 Å². The maximum atomic E-state index is 13.6. The molecule has 0 heterocycles. The number of halogens is 3. The van der Waals surface area contributed by atoms with E-state index in [4.69, 9.17) is 0 Å². The smallest absolute Gasteiger partial charge is 0.272 e. The van der Waals surface area contributed by atoms with E-state index in [-0.39, 0.29) is 11.3 Å². The number of carbonyl (C=O) groups excluding carboxylic acids is 1.